The van der Waals surface area contributed by atoms with Gasteiger partial charge in [-0.25, -0.2) is 4.98 Å². The van der Waals surface area contributed by atoms with E-state index in [9.17, 15) is 4.79 Å². The average Bonchev–Trinajstić information content (AvgIpc) is 3.16. The lowest BCUT2D eigenvalue weighted by Crippen LogP contribution is -2.20. The van der Waals surface area contributed by atoms with E-state index in [1.54, 1.807) is 23.0 Å². The number of thiophene rings is 1. The van der Waals surface area contributed by atoms with Crippen LogP contribution in [0.4, 0.5) is 0 Å². The molecule has 1 atom stereocenters. The van der Waals surface area contributed by atoms with Crippen LogP contribution in [0.2, 0.25) is 0 Å². The average molecular weight is 379 g/mol. The maximum atomic E-state index is 12.7. The molecule has 3 heterocycles. The molecular weight excluding hydrogens is 356 g/mol. The fraction of sp³-hybridized carbons (Fsp3) is 0.529. The predicted molar refractivity (Wildman–Crippen MR) is 102 cm³/mol. The summed E-state index contributed by atoms with van der Waals surface area (Å²) in [5.74, 6) is 1.31. The minimum Gasteiger partial charge on any atom is -0.338 e. The van der Waals surface area contributed by atoms with Crippen LogP contribution in [0, 0.1) is 13.8 Å². The monoisotopic (exact) mass is 378 g/mol. The minimum atomic E-state index is -0.0689. The lowest BCUT2D eigenvalue weighted by Gasteiger charge is -2.10. The molecule has 0 aliphatic carbocycles. The molecule has 1 unspecified atom stereocenters. The normalized spacial score (nSPS) is 12.8. The van der Waals surface area contributed by atoms with Crippen LogP contribution in [0.15, 0.2) is 14.5 Å². The zero-order valence-electron chi connectivity index (χ0n) is 15.1. The first-order chi connectivity index (χ1) is 11.9. The summed E-state index contributed by atoms with van der Waals surface area (Å²) >= 11 is 3.03. The van der Waals surface area contributed by atoms with Crippen LogP contribution >= 0.6 is 23.1 Å². The summed E-state index contributed by atoms with van der Waals surface area (Å²) in [4.78, 5) is 23.8. The molecule has 0 spiro atoms. The molecule has 3 rings (SSSR count). The molecule has 6 nitrogen and oxygen atoms in total. The Morgan fingerprint density at radius 2 is 2.08 bits per heavy atom. The lowest BCUT2D eigenvalue weighted by atomic mass is 10.2. The summed E-state index contributed by atoms with van der Waals surface area (Å²) < 4.78 is 6.99. The summed E-state index contributed by atoms with van der Waals surface area (Å²) in [6.07, 6.45) is 2.97. The first kappa shape index (κ1) is 18.1. The van der Waals surface area contributed by atoms with E-state index >= 15 is 0 Å². The van der Waals surface area contributed by atoms with E-state index in [-0.39, 0.29) is 10.8 Å². The molecule has 0 saturated heterocycles. The molecule has 0 N–H and O–H groups in total. The van der Waals surface area contributed by atoms with E-state index < -0.39 is 0 Å². The van der Waals surface area contributed by atoms with E-state index in [1.807, 2.05) is 20.8 Å². The van der Waals surface area contributed by atoms with Crippen LogP contribution in [0.3, 0.4) is 0 Å². The van der Waals surface area contributed by atoms with Crippen molar-refractivity contribution in [2.75, 3.05) is 0 Å². The molecule has 0 aliphatic heterocycles. The highest BCUT2D eigenvalue weighted by Crippen LogP contribution is 2.34. The van der Waals surface area contributed by atoms with E-state index in [0.29, 0.717) is 11.0 Å². The number of hydrogen-bond donors (Lipinski definition) is 0. The Kier molecular flexibility index (Phi) is 5.29. The number of fused-ring (bicyclic) bond motifs is 1. The van der Waals surface area contributed by atoms with Crippen molar-refractivity contribution in [2.45, 2.75) is 57.4 Å². The van der Waals surface area contributed by atoms with Crippen molar-refractivity contribution in [3.8, 4) is 0 Å². The molecular formula is C17H22N4O2S2. The number of thioether (sulfide) groups is 1. The number of hydrogen-bond acceptors (Lipinski definition) is 7. The third-order valence-electron chi connectivity index (χ3n) is 4.24. The fourth-order valence-electron chi connectivity index (χ4n) is 2.54. The molecule has 3 aromatic rings. The second kappa shape index (κ2) is 7.29. The highest BCUT2D eigenvalue weighted by molar-refractivity contribution is 7.99. The summed E-state index contributed by atoms with van der Waals surface area (Å²) in [7, 11) is 1.76. The Balaban J connectivity index is 1.88. The van der Waals surface area contributed by atoms with Gasteiger partial charge in [0.25, 0.3) is 5.56 Å². The molecule has 0 bridgehead atoms. The van der Waals surface area contributed by atoms with Crippen molar-refractivity contribution >= 4 is 33.3 Å². The second-order valence-corrected chi connectivity index (χ2v) is 8.65. The maximum absolute atomic E-state index is 12.7. The number of rotatable bonds is 6. The maximum Gasteiger partial charge on any atom is 0.262 e. The van der Waals surface area contributed by atoms with Gasteiger partial charge >= 0.3 is 0 Å². The van der Waals surface area contributed by atoms with Gasteiger partial charge < -0.3 is 4.52 Å². The van der Waals surface area contributed by atoms with Crippen LogP contribution < -0.4 is 5.56 Å². The molecule has 3 aromatic heterocycles. The number of nitrogens with zero attached hydrogens (tertiary/aromatic N) is 4. The molecule has 0 aliphatic rings. The lowest BCUT2D eigenvalue weighted by molar-refractivity contribution is 0.374. The Bertz CT molecular complexity index is 958. The Morgan fingerprint density at radius 3 is 2.80 bits per heavy atom. The molecule has 0 saturated carbocycles. The van der Waals surface area contributed by atoms with Crippen LogP contribution in [0.1, 0.15) is 54.1 Å². The van der Waals surface area contributed by atoms with Crippen molar-refractivity contribution in [2.24, 2.45) is 7.05 Å². The van der Waals surface area contributed by atoms with E-state index in [2.05, 4.69) is 17.1 Å². The Hall–Kier alpha value is -1.67. The highest BCUT2D eigenvalue weighted by Gasteiger charge is 2.20. The van der Waals surface area contributed by atoms with Crippen molar-refractivity contribution in [3.63, 3.8) is 0 Å². The summed E-state index contributed by atoms with van der Waals surface area (Å²) in [6.45, 7) is 8.12. The summed E-state index contributed by atoms with van der Waals surface area (Å²) in [5.41, 5.74) is 1.02. The summed E-state index contributed by atoms with van der Waals surface area (Å²) in [5, 5.41) is 5.36. The molecule has 0 aromatic carbocycles. The van der Waals surface area contributed by atoms with Gasteiger partial charge in [-0.15, -0.1) is 11.3 Å². The van der Waals surface area contributed by atoms with Gasteiger partial charge in [-0.2, -0.15) is 4.98 Å². The summed E-state index contributed by atoms with van der Waals surface area (Å²) in [6, 6.07) is 0. The molecule has 8 heteroatoms. The van der Waals surface area contributed by atoms with Crippen molar-refractivity contribution in [1.29, 1.82) is 0 Å². The Morgan fingerprint density at radius 1 is 1.32 bits per heavy atom. The third kappa shape index (κ3) is 3.50. The van der Waals surface area contributed by atoms with Crippen LogP contribution in [0.5, 0.6) is 0 Å². The second-order valence-electron chi connectivity index (χ2n) is 6.13. The van der Waals surface area contributed by atoms with Gasteiger partial charge in [0.1, 0.15) is 4.83 Å². The molecule has 25 heavy (non-hydrogen) atoms. The third-order valence-corrected chi connectivity index (χ3v) is 6.47. The van der Waals surface area contributed by atoms with Gasteiger partial charge in [-0.05, 0) is 32.8 Å². The van der Waals surface area contributed by atoms with Gasteiger partial charge in [0.15, 0.2) is 11.0 Å². The van der Waals surface area contributed by atoms with E-state index in [4.69, 9.17) is 9.51 Å². The van der Waals surface area contributed by atoms with Gasteiger partial charge in [0.05, 0.1) is 10.6 Å². The molecule has 134 valence electrons. The molecule has 0 amide bonds. The predicted octanol–water partition coefficient (Wildman–Crippen LogP) is 4.19. The first-order valence-electron chi connectivity index (χ1n) is 8.38. The minimum absolute atomic E-state index is 0.00397. The largest absolute Gasteiger partial charge is 0.338 e. The van der Waals surface area contributed by atoms with Crippen LogP contribution in [-0.4, -0.2) is 19.7 Å². The van der Waals surface area contributed by atoms with Gasteiger partial charge in [0.2, 0.25) is 5.89 Å². The fourth-order valence-corrected chi connectivity index (χ4v) is 4.51. The van der Waals surface area contributed by atoms with Gasteiger partial charge in [-0.3, -0.25) is 9.36 Å². The quantitative estimate of drug-likeness (QED) is 0.473. The van der Waals surface area contributed by atoms with Crippen LogP contribution in [0.25, 0.3) is 10.2 Å². The van der Waals surface area contributed by atoms with Gasteiger partial charge in [0, 0.05) is 18.3 Å². The number of aryl methyl sites for hydroxylation is 3. The van der Waals surface area contributed by atoms with Crippen molar-refractivity contribution in [3.05, 3.63) is 32.5 Å². The molecule has 0 fully saturated rings. The standard InChI is InChI=1S/C17H22N4O2S2/c1-6-7-8-12-18-14(23-20-12)11(4)25-17-19-15-13(16(22)21(17)5)9(2)10(3)24-15/h11H,6-8H2,1-5H3. The Labute approximate surface area is 154 Å². The van der Waals surface area contributed by atoms with E-state index in [1.165, 1.54) is 11.8 Å². The SMILES string of the molecule is CCCCc1noc(C(C)Sc2nc3sc(C)c(C)c3c(=O)n2C)n1. The van der Waals surface area contributed by atoms with Crippen LogP contribution in [-0.2, 0) is 13.5 Å². The zero-order valence-corrected chi connectivity index (χ0v) is 16.8. The topological polar surface area (TPSA) is 73.8 Å². The zero-order chi connectivity index (χ0) is 18.1. The number of unbranched alkanes of at least 4 members (excludes halogenated alkanes) is 1. The van der Waals surface area contributed by atoms with Crippen molar-refractivity contribution in [1.82, 2.24) is 19.7 Å². The van der Waals surface area contributed by atoms with E-state index in [0.717, 1.165) is 45.7 Å². The highest BCUT2D eigenvalue weighted by atomic mass is 32.2. The van der Waals surface area contributed by atoms with Gasteiger partial charge in [-0.1, -0.05) is 30.3 Å². The smallest absolute Gasteiger partial charge is 0.262 e. The van der Waals surface area contributed by atoms with Crippen molar-refractivity contribution < 1.29 is 4.52 Å². The number of aromatic nitrogens is 4. The molecule has 0 radical (unpaired) electrons. The first-order valence-corrected chi connectivity index (χ1v) is 10.1.